The van der Waals surface area contributed by atoms with Crippen LogP contribution >= 0.6 is 0 Å². The Labute approximate surface area is 85.3 Å². The van der Waals surface area contributed by atoms with Crippen LogP contribution in [-0.4, -0.2) is 9.78 Å². The van der Waals surface area contributed by atoms with E-state index >= 15 is 0 Å². The molecule has 2 rings (SSSR count). The van der Waals surface area contributed by atoms with Crippen molar-refractivity contribution in [2.45, 2.75) is 51.6 Å². The molecule has 0 amide bonds. The van der Waals surface area contributed by atoms with Crippen molar-refractivity contribution < 1.29 is 0 Å². The van der Waals surface area contributed by atoms with Gasteiger partial charge in [-0.1, -0.05) is 6.92 Å². The maximum absolute atomic E-state index is 6.13. The van der Waals surface area contributed by atoms with Crippen molar-refractivity contribution in [2.75, 3.05) is 0 Å². The first-order valence-electron chi connectivity index (χ1n) is 5.44. The van der Waals surface area contributed by atoms with Gasteiger partial charge in [-0.15, -0.1) is 0 Å². The molecular weight excluding hydrogens is 174 g/mol. The molecule has 1 fully saturated rings. The van der Waals surface area contributed by atoms with Gasteiger partial charge in [-0.2, -0.15) is 5.10 Å². The molecule has 0 atom stereocenters. The first-order valence-corrected chi connectivity index (χ1v) is 5.44. The van der Waals surface area contributed by atoms with Gasteiger partial charge in [0.25, 0.3) is 0 Å². The van der Waals surface area contributed by atoms with Crippen LogP contribution in [0.15, 0.2) is 6.07 Å². The summed E-state index contributed by atoms with van der Waals surface area (Å²) in [6, 6.07) is 2.61. The predicted molar refractivity (Wildman–Crippen MR) is 57.1 cm³/mol. The van der Waals surface area contributed by atoms with E-state index in [-0.39, 0.29) is 5.54 Å². The highest BCUT2D eigenvalue weighted by Crippen LogP contribution is 2.42. The van der Waals surface area contributed by atoms with Gasteiger partial charge >= 0.3 is 0 Å². The summed E-state index contributed by atoms with van der Waals surface area (Å²) in [5, 5.41) is 4.61. The normalized spacial score (nSPS) is 18.9. The second-order valence-electron chi connectivity index (χ2n) is 4.57. The number of aromatic nitrogens is 2. The van der Waals surface area contributed by atoms with E-state index in [1.807, 2.05) is 0 Å². The van der Waals surface area contributed by atoms with Crippen molar-refractivity contribution in [3.8, 4) is 0 Å². The molecule has 0 bridgehead atoms. The lowest BCUT2D eigenvalue weighted by molar-refractivity contribution is 0.499. The van der Waals surface area contributed by atoms with Gasteiger partial charge in [-0.3, -0.25) is 4.68 Å². The number of nitrogens with zero attached hydrogens (tertiary/aromatic N) is 2. The molecule has 0 aromatic carbocycles. The van der Waals surface area contributed by atoms with Crippen molar-refractivity contribution in [1.29, 1.82) is 0 Å². The largest absolute Gasteiger partial charge is 0.320 e. The van der Waals surface area contributed by atoms with Gasteiger partial charge < -0.3 is 5.73 Å². The lowest BCUT2D eigenvalue weighted by Gasteiger charge is -2.09. The van der Waals surface area contributed by atoms with Gasteiger partial charge in [-0.05, 0) is 39.2 Å². The quantitative estimate of drug-likeness (QED) is 0.797. The van der Waals surface area contributed by atoms with Crippen molar-refractivity contribution in [2.24, 2.45) is 5.73 Å². The molecule has 78 valence electrons. The fourth-order valence-electron chi connectivity index (χ4n) is 1.78. The standard InChI is InChI=1S/C11H19N3/c1-4-9-7-10(11(12)5-6-11)13-14(9)8(2)3/h7-8H,4-6,12H2,1-3H3. The van der Waals surface area contributed by atoms with Gasteiger partial charge in [-0.25, -0.2) is 0 Å². The van der Waals surface area contributed by atoms with Gasteiger partial charge in [0, 0.05) is 11.7 Å². The zero-order chi connectivity index (χ0) is 10.3. The third kappa shape index (κ3) is 1.46. The lowest BCUT2D eigenvalue weighted by Crippen LogP contribution is -2.20. The summed E-state index contributed by atoms with van der Waals surface area (Å²) in [6.07, 6.45) is 3.21. The second-order valence-corrected chi connectivity index (χ2v) is 4.57. The Morgan fingerprint density at radius 3 is 2.57 bits per heavy atom. The average Bonchev–Trinajstić information content (AvgIpc) is 2.74. The van der Waals surface area contributed by atoms with E-state index in [9.17, 15) is 0 Å². The molecule has 0 aliphatic heterocycles. The second kappa shape index (κ2) is 3.09. The number of hydrogen-bond acceptors (Lipinski definition) is 2. The summed E-state index contributed by atoms with van der Waals surface area (Å²) in [5.41, 5.74) is 8.42. The molecule has 1 aromatic rings. The maximum atomic E-state index is 6.13. The van der Waals surface area contributed by atoms with Crippen molar-refractivity contribution >= 4 is 0 Å². The van der Waals surface area contributed by atoms with Crippen LogP contribution in [0.4, 0.5) is 0 Å². The highest BCUT2D eigenvalue weighted by Gasteiger charge is 2.42. The maximum Gasteiger partial charge on any atom is 0.0826 e. The smallest absolute Gasteiger partial charge is 0.0826 e. The molecule has 1 heterocycles. The van der Waals surface area contributed by atoms with Crippen molar-refractivity contribution in [3.63, 3.8) is 0 Å². The summed E-state index contributed by atoms with van der Waals surface area (Å²) in [5.74, 6) is 0. The zero-order valence-electron chi connectivity index (χ0n) is 9.25. The Kier molecular flexibility index (Phi) is 2.14. The summed E-state index contributed by atoms with van der Waals surface area (Å²) >= 11 is 0. The van der Waals surface area contributed by atoms with Crippen LogP contribution in [0.1, 0.15) is 51.0 Å². The van der Waals surface area contributed by atoms with E-state index in [4.69, 9.17) is 5.73 Å². The van der Waals surface area contributed by atoms with Crippen LogP contribution in [0.25, 0.3) is 0 Å². The first-order chi connectivity index (χ1) is 6.57. The van der Waals surface area contributed by atoms with E-state index in [1.54, 1.807) is 0 Å². The topological polar surface area (TPSA) is 43.8 Å². The Balaban J connectivity index is 2.36. The third-order valence-corrected chi connectivity index (χ3v) is 2.96. The van der Waals surface area contributed by atoms with Crippen LogP contribution in [0.3, 0.4) is 0 Å². The number of nitrogens with two attached hydrogens (primary N) is 1. The minimum atomic E-state index is -0.0932. The van der Waals surface area contributed by atoms with E-state index in [1.165, 1.54) is 5.69 Å². The van der Waals surface area contributed by atoms with Crippen LogP contribution in [0, 0.1) is 0 Å². The molecule has 0 unspecified atom stereocenters. The zero-order valence-corrected chi connectivity index (χ0v) is 9.25. The monoisotopic (exact) mass is 193 g/mol. The van der Waals surface area contributed by atoms with E-state index in [0.29, 0.717) is 6.04 Å². The molecule has 0 saturated heterocycles. The summed E-state index contributed by atoms with van der Waals surface area (Å²) < 4.78 is 2.10. The molecule has 1 aromatic heterocycles. The predicted octanol–water partition coefficient (Wildman–Crippen LogP) is 1.97. The lowest BCUT2D eigenvalue weighted by atomic mass is 10.2. The highest BCUT2D eigenvalue weighted by molar-refractivity contribution is 5.24. The fraction of sp³-hybridized carbons (Fsp3) is 0.727. The van der Waals surface area contributed by atoms with Crippen LogP contribution in [0.2, 0.25) is 0 Å². The van der Waals surface area contributed by atoms with Crippen LogP contribution in [-0.2, 0) is 12.0 Å². The molecule has 3 nitrogen and oxygen atoms in total. The number of aryl methyl sites for hydroxylation is 1. The molecular formula is C11H19N3. The SMILES string of the molecule is CCc1cc(C2(N)CC2)nn1C(C)C. The molecule has 14 heavy (non-hydrogen) atoms. The minimum Gasteiger partial charge on any atom is -0.320 e. The molecule has 2 N–H and O–H groups in total. The Morgan fingerprint density at radius 1 is 1.57 bits per heavy atom. The Bertz CT molecular complexity index is 334. The molecule has 1 aliphatic carbocycles. The Morgan fingerprint density at radius 2 is 2.21 bits per heavy atom. The molecule has 1 aliphatic rings. The summed E-state index contributed by atoms with van der Waals surface area (Å²) in [6.45, 7) is 6.48. The van der Waals surface area contributed by atoms with Crippen LogP contribution < -0.4 is 5.73 Å². The van der Waals surface area contributed by atoms with Gasteiger partial charge in [0.2, 0.25) is 0 Å². The van der Waals surface area contributed by atoms with Gasteiger partial charge in [0.05, 0.1) is 11.2 Å². The number of hydrogen-bond donors (Lipinski definition) is 1. The Hall–Kier alpha value is -0.830. The first kappa shape index (κ1) is 9.71. The summed E-state index contributed by atoms with van der Waals surface area (Å²) in [4.78, 5) is 0. The molecule has 1 saturated carbocycles. The molecule has 3 heteroatoms. The molecule has 0 spiro atoms. The van der Waals surface area contributed by atoms with E-state index in [2.05, 4.69) is 36.6 Å². The van der Waals surface area contributed by atoms with E-state index < -0.39 is 0 Å². The third-order valence-electron chi connectivity index (χ3n) is 2.96. The summed E-state index contributed by atoms with van der Waals surface area (Å²) in [7, 11) is 0. The highest BCUT2D eigenvalue weighted by atomic mass is 15.3. The number of rotatable bonds is 3. The molecule has 0 radical (unpaired) electrons. The van der Waals surface area contributed by atoms with Crippen molar-refractivity contribution in [3.05, 3.63) is 17.5 Å². The fourth-order valence-corrected chi connectivity index (χ4v) is 1.78. The minimum absolute atomic E-state index is 0.0932. The van der Waals surface area contributed by atoms with Gasteiger partial charge in [0.1, 0.15) is 0 Å². The van der Waals surface area contributed by atoms with Crippen LogP contribution in [0.5, 0.6) is 0 Å². The van der Waals surface area contributed by atoms with E-state index in [0.717, 1.165) is 25.0 Å². The average molecular weight is 193 g/mol. The van der Waals surface area contributed by atoms with Gasteiger partial charge in [0.15, 0.2) is 0 Å². The van der Waals surface area contributed by atoms with Crippen molar-refractivity contribution in [1.82, 2.24) is 9.78 Å².